The molecule has 0 atom stereocenters. The van der Waals surface area contributed by atoms with Crippen LogP contribution in [0, 0.1) is 0 Å². The second-order valence-electron chi connectivity index (χ2n) is 3.07. The van der Waals surface area contributed by atoms with E-state index in [0.29, 0.717) is 6.61 Å². The van der Waals surface area contributed by atoms with Crippen LogP contribution >= 0.6 is 0 Å². The minimum atomic E-state index is -0.459. The average Bonchev–Trinajstić information content (AvgIpc) is 2.19. The third-order valence-corrected chi connectivity index (χ3v) is 1.78. The molecule has 16 heavy (non-hydrogen) atoms. The van der Waals surface area contributed by atoms with Crippen molar-refractivity contribution >= 4 is 11.8 Å². The molecule has 0 saturated heterocycles. The van der Waals surface area contributed by atoms with Crippen LogP contribution in [0.4, 0.5) is 0 Å². The van der Waals surface area contributed by atoms with Gasteiger partial charge in [0.1, 0.15) is 6.42 Å². The molecule has 0 amide bonds. The van der Waals surface area contributed by atoms with Gasteiger partial charge in [-0.1, -0.05) is 6.07 Å². The van der Waals surface area contributed by atoms with Gasteiger partial charge in [0, 0.05) is 12.1 Å². The standard InChI is InChI=1S/C11H14NO3.ClH/c1-2-15-11(14)8-10(13)9-12-6-4-3-5-7-12;/h3-7H,2,8-9H2,1H3;1H/q+1;/p-1. The molecule has 0 radical (unpaired) electrons. The molecule has 1 aromatic rings. The van der Waals surface area contributed by atoms with E-state index < -0.39 is 5.97 Å². The molecule has 4 nitrogen and oxygen atoms in total. The quantitative estimate of drug-likeness (QED) is 0.326. The minimum Gasteiger partial charge on any atom is -1.00 e. The Morgan fingerprint density at radius 2 is 1.81 bits per heavy atom. The highest BCUT2D eigenvalue weighted by Gasteiger charge is 2.14. The highest BCUT2D eigenvalue weighted by atomic mass is 35.5. The van der Waals surface area contributed by atoms with Crippen molar-refractivity contribution in [1.29, 1.82) is 0 Å². The molecule has 0 spiro atoms. The number of rotatable bonds is 5. The number of aromatic nitrogens is 1. The van der Waals surface area contributed by atoms with Gasteiger partial charge in [0.15, 0.2) is 12.4 Å². The zero-order valence-corrected chi connectivity index (χ0v) is 9.81. The fourth-order valence-electron chi connectivity index (χ4n) is 1.17. The van der Waals surface area contributed by atoms with Gasteiger partial charge in [0.2, 0.25) is 12.3 Å². The van der Waals surface area contributed by atoms with Crippen molar-refractivity contribution in [3.8, 4) is 0 Å². The normalized spacial score (nSPS) is 9.06. The molecule has 1 rings (SSSR count). The predicted octanol–water partition coefficient (Wildman–Crippen LogP) is -2.50. The monoisotopic (exact) mass is 243 g/mol. The van der Waals surface area contributed by atoms with Crippen molar-refractivity contribution < 1.29 is 31.3 Å². The molecule has 0 fully saturated rings. The fourth-order valence-corrected chi connectivity index (χ4v) is 1.17. The molecule has 0 saturated carbocycles. The Balaban J connectivity index is 0.00000225. The van der Waals surface area contributed by atoms with Crippen molar-refractivity contribution in [3.05, 3.63) is 30.6 Å². The lowest BCUT2D eigenvalue weighted by molar-refractivity contribution is -0.684. The summed E-state index contributed by atoms with van der Waals surface area (Å²) in [5.41, 5.74) is 0. The Kier molecular flexibility index (Phi) is 7.12. The predicted molar refractivity (Wildman–Crippen MR) is 52.9 cm³/mol. The summed E-state index contributed by atoms with van der Waals surface area (Å²) in [7, 11) is 0. The van der Waals surface area contributed by atoms with E-state index in [1.807, 2.05) is 18.2 Å². The van der Waals surface area contributed by atoms with E-state index in [9.17, 15) is 9.59 Å². The number of esters is 1. The first-order valence-corrected chi connectivity index (χ1v) is 4.83. The molecule has 0 unspecified atom stereocenters. The Morgan fingerprint density at radius 3 is 2.38 bits per heavy atom. The maximum absolute atomic E-state index is 11.4. The Hall–Kier alpha value is -1.42. The number of hydrogen-bond acceptors (Lipinski definition) is 3. The molecular weight excluding hydrogens is 230 g/mol. The summed E-state index contributed by atoms with van der Waals surface area (Å²) in [6, 6.07) is 5.53. The van der Waals surface area contributed by atoms with Crippen LogP contribution in [-0.2, 0) is 20.9 Å². The minimum absolute atomic E-state index is 0. The van der Waals surface area contributed by atoms with Crippen molar-refractivity contribution in [3.63, 3.8) is 0 Å². The first-order chi connectivity index (χ1) is 7.22. The maximum atomic E-state index is 11.4. The second kappa shape index (κ2) is 7.82. The molecular formula is C11H14ClNO3. The lowest BCUT2D eigenvalue weighted by atomic mass is 10.3. The number of carbonyl (C=O) groups is 2. The van der Waals surface area contributed by atoms with Crippen LogP contribution in [0.2, 0.25) is 0 Å². The van der Waals surface area contributed by atoms with Gasteiger partial charge in [-0.2, -0.15) is 4.57 Å². The lowest BCUT2D eigenvalue weighted by Gasteiger charge is -1.99. The number of carbonyl (C=O) groups excluding carboxylic acids is 2. The second-order valence-corrected chi connectivity index (χ2v) is 3.07. The van der Waals surface area contributed by atoms with Gasteiger partial charge in [-0.25, -0.2) is 0 Å². The van der Waals surface area contributed by atoms with Crippen molar-refractivity contribution in [2.24, 2.45) is 0 Å². The molecule has 88 valence electrons. The van der Waals surface area contributed by atoms with Crippen molar-refractivity contribution in [2.75, 3.05) is 6.61 Å². The van der Waals surface area contributed by atoms with Gasteiger partial charge in [0.05, 0.1) is 6.61 Å². The number of hydrogen-bond donors (Lipinski definition) is 0. The summed E-state index contributed by atoms with van der Waals surface area (Å²) in [6.45, 7) is 2.23. The number of halogens is 1. The van der Waals surface area contributed by atoms with Crippen LogP contribution in [0.3, 0.4) is 0 Å². The zero-order valence-electron chi connectivity index (χ0n) is 9.06. The largest absolute Gasteiger partial charge is 1.00 e. The van der Waals surface area contributed by atoms with Crippen LogP contribution < -0.4 is 17.0 Å². The highest BCUT2D eigenvalue weighted by Crippen LogP contribution is 1.89. The maximum Gasteiger partial charge on any atom is 0.313 e. The van der Waals surface area contributed by atoms with E-state index in [0.717, 1.165) is 0 Å². The Morgan fingerprint density at radius 1 is 1.19 bits per heavy atom. The SMILES string of the molecule is CCOC(=O)CC(=O)C[n+]1ccccc1.[Cl-]. The summed E-state index contributed by atoms with van der Waals surface area (Å²) in [6.07, 6.45) is 3.40. The van der Waals surface area contributed by atoms with Gasteiger partial charge < -0.3 is 17.1 Å². The number of ketones is 1. The molecule has 1 heterocycles. The molecule has 5 heteroatoms. The number of ether oxygens (including phenoxy) is 1. The third kappa shape index (κ3) is 5.46. The van der Waals surface area contributed by atoms with Crippen LogP contribution in [-0.4, -0.2) is 18.4 Å². The van der Waals surface area contributed by atoms with E-state index in [-0.39, 0.29) is 31.2 Å². The Bertz CT molecular complexity index is 340. The average molecular weight is 244 g/mol. The van der Waals surface area contributed by atoms with Gasteiger partial charge in [-0.3, -0.25) is 9.59 Å². The van der Waals surface area contributed by atoms with Crippen LogP contribution in [0.15, 0.2) is 30.6 Å². The van der Waals surface area contributed by atoms with Crippen molar-refractivity contribution in [1.82, 2.24) is 0 Å². The van der Waals surface area contributed by atoms with Crippen LogP contribution in [0.1, 0.15) is 13.3 Å². The van der Waals surface area contributed by atoms with E-state index in [4.69, 9.17) is 0 Å². The van der Waals surface area contributed by atoms with Gasteiger partial charge in [-0.15, -0.1) is 0 Å². The molecule has 0 aliphatic heterocycles. The summed E-state index contributed by atoms with van der Waals surface area (Å²) in [4.78, 5) is 22.4. The smallest absolute Gasteiger partial charge is 0.313 e. The molecule has 1 aromatic heterocycles. The van der Waals surface area contributed by atoms with E-state index in [2.05, 4.69) is 4.74 Å². The molecule has 0 aliphatic rings. The lowest BCUT2D eigenvalue weighted by Crippen LogP contribution is -3.00. The number of pyridine rings is 1. The van der Waals surface area contributed by atoms with Crippen LogP contribution in [0.5, 0.6) is 0 Å². The molecule has 0 bridgehead atoms. The molecule has 0 N–H and O–H groups in total. The van der Waals surface area contributed by atoms with Crippen LogP contribution in [0.25, 0.3) is 0 Å². The summed E-state index contributed by atoms with van der Waals surface area (Å²) < 4.78 is 6.40. The summed E-state index contributed by atoms with van der Waals surface area (Å²) in [5, 5.41) is 0. The van der Waals surface area contributed by atoms with Gasteiger partial charge in [-0.05, 0) is 6.92 Å². The van der Waals surface area contributed by atoms with Crippen molar-refractivity contribution in [2.45, 2.75) is 19.9 Å². The Labute approximate surface area is 101 Å². The summed E-state index contributed by atoms with van der Waals surface area (Å²) >= 11 is 0. The van der Waals surface area contributed by atoms with Gasteiger partial charge in [0.25, 0.3) is 0 Å². The number of Topliss-reactive ketones (excluding diaryl/α,β-unsaturated/α-hetero) is 1. The van der Waals surface area contributed by atoms with E-state index in [1.54, 1.807) is 23.9 Å². The number of nitrogens with zero attached hydrogens (tertiary/aromatic N) is 1. The van der Waals surface area contributed by atoms with E-state index >= 15 is 0 Å². The first kappa shape index (κ1) is 14.6. The van der Waals surface area contributed by atoms with E-state index in [1.165, 1.54) is 0 Å². The molecule has 0 aromatic carbocycles. The highest BCUT2D eigenvalue weighted by molar-refractivity contribution is 5.94. The molecule has 0 aliphatic carbocycles. The van der Waals surface area contributed by atoms with Gasteiger partial charge >= 0.3 is 5.97 Å². The first-order valence-electron chi connectivity index (χ1n) is 4.83. The fraction of sp³-hybridized carbons (Fsp3) is 0.364. The zero-order chi connectivity index (χ0) is 11.1. The topological polar surface area (TPSA) is 47.3 Å². The summed E-state index contributed by atoms with van der Waals surface area (Å²) in [5.74, 6) is -0.608. The third-order valence-electron chi connectivity index (χ3n) is 1.78.